The van der Waals surface area contributed by atoms with Crippen molar-refractivity contribution in [2.24, 2.45) is 16.2 Å². The van der Waals surface area contributed by atoms with E-state index in [0.29, 0.717) is 29.1 Å². The van der Waals surface area contributed by atoms with Gasteiger partial charge in [-0.15, -0.1) is 0 Å². The molecule has 0 aliphatic heterocycles. The van der Waals surface area contributed by atoms with E-state index in [-0.39, 0.29) is 22.7 Å². The van der Waals surface area contributed by atoms with Gasteiger partial charge >= 0.3 is 5.97 Å². The zero-order chi connectivity index (χ0) is 24.4. The minimum atomic E-state index is -0.735. The third kappa shape index (κ3) is 5.86. The lowest BCUT2D eigenvalue weighted by Gasteiger charge is -2.16. The second kappa shape index (κ2) is 12.2. The van der Waals surface area contributed by atoms with Crippen molar-refractivity contribution >= 4 is 23.2 Å². The molecule has 0 aliphatic carbocycles. The fraction of sp³-hybridized carbons (Fsp3) is 0.261. The number of esters is 1. The number of rotatable bonds is 10. The van der Waals surface area contributed by atoms with Crippen LogP contribution in [-0.2, 0) is 24.0 Å². The predicted molar refractivity (Wildman–Crippen MR) is 121 cm³/mol. The van der Waals surface area contributed by atoms with Gasteiger partial charge in [0, 0.05) is 28.3 Å². The van der Waals surface area contributed by atoms with Gasteiger partial charge < -0.3 is 24.0 Å². The fourth-order valence-corrected chi connectivity index (χ4v) is 3.09. The molecule has 0 aromatic heterocycles. The van der Waals surface area contributed by atoms with Gasteiger partial charge in [0.1, 0.15) is 31.5 Å². The lowest BCUT2D eigenvalue weighted by atomic mass is 9.95. The Labute approximate surface area is 191 Å². The first-order chi connectivity index (χ1) is 15.9. The van der Waals surface area contributed by atoms with E-state index in [2.05, 4.69) is 10.3 Å². The van der Waals surface area contributed by atoms with Crippen LogP contribution < -0.4 is 10.6 Å². The van der Waals surface area contributed by atoms with Gasteiger partial charge in [-0.1, -0.05) is 34.6 Å². The maximum absolute atomic E-state index is 14.9. The predicted octanol–water partition coefficient (Wildman–Crippen LogP) is 3.42. The SMILES string of the molecule is CCOc1ccc(C(=N/OC)/C(C)=C(\ON)c2ccccc2/C(=N\OC)C(=O)OC)c(F)c1. The molecule has 0 atom stereocenters. The average molecular weight is 459 g/mol. The van der Waals surface area contributed by atoms with Crippen LogP contribution in [0.2, 0.25) is 0 Å². The summed E-state index contributed by atoms with van der Waals surface area (Å²) in [6.45, 7) is 3.82. The van der Waals surface area contributed by atoms with E-state index in [0.717, 1.165) is 0 Å². The molecule has 10 heteroatoms. The lowest BCUT2D eigenvalue weighted by molar-refractivity contribution is -0.132. The molecule has 0 aliphatic rings. The second-order valence-electron chi connectivity index (χ2n) is 6.43. The molecule has 33 heavy (non-hydrogen) atoms. The minimum Gasteiger partial charge on any atom is -0.494 e. The van der Waals surface area contributed by atoms with Crippen LogP contribution in [0.25, 0.3) is 5.76 Å². The fourth-order valence-electron chi connectivity index (χ4n) is 3.09. The highest BCUT2D eigenvalue weighted by Crippen LogP contribution is 2.28. The van der Waals surface area contributed by atoms with Crippen molar-refractivity contribution in [3.8, 4) is 5.75 Å². The number of ether oxygens (including phenoxy) is 2. The zero-order valence-electron chi connectivity index (χ0n) is 19.0. The average Bonchev–Trinajstić information content (AvgIpc) is 2.82. The van der Waals surface area contributed by atoms with Gasteiger partial charge in [-0.25, -0.2) is 9.18 Å². The molecule has 176 valence electrons. The Bertz CT molecular complexity index is 1080. The molecule has 0 fully saturated rings. The van der Waals surface area contributed by atoms with Crippen molar-refractivity contribution in [1.82, 2.24) is 0 Å². The van der Waals surface area contributed by atoms with Gasteiger partial charge in [0.25, 0.3) is 0 Å². The van der Waals surface area contributed by atoms with E-state index < -0.39 is 11.8 Å². The summed E-state index contributed by atoms with van der Waals surface area (Å²) in [4.78, 5) is 27.2. The number of hydrogen-bond acceptors (Lipinski definition) is 9. The van der Waals surface area contributed by atoms with Crippen LogP contribution in [0.15, 0.2) is 58.3 Å². The molecule has 2 aromatic rings. The smallest absolute Gasteiger partial charge is 0.360 e. The van der Waals surface area contributed by atoms with Crippen LogP contribution in [0.5, 0.6) is 5.75 Å². The highest BCUT2D eigenvalue weighted by atomic mass is 19.1. The molecular weight excluding hydrogens is 433 g/mol. The Morgan fingerprint density at radius 3 is 2.15 bits per heavy atom. The van der Waals surface area contributed by atoms with E-state index in [1.165, 1.54) is 33.5 Å². The minimum absolute atomic E-state index is 0.0994. The largest absolute Gasteiger partial charge is 0.494 e. The summed E-state index contributed by atoms with van der Waals surface area (Å²) in [5.74, 6) is 4.77. The molecule has 2 N–H and O–H groups in total. The standard InChI is InChI=1S/C23H26FN3O6/c1-6-32-15-11-12-18(19(24)13-15)20(26-30-4)14(2)22(33-25)17-10-8-7-9-16(17)21(27-31-5)23(28)29-3/h7-13H,6,25H2,1-5H3/b22-14-,26-20+,27-21+. The van der Waals surface area contributed by atoms with Crippen molar-refractivity contribution < 1.29 is 33.2 Å². The van der Waals surface area contributed by atoms with Crippen LogP contribution in [0.3, 0.4) is 0 Å². The number of nitrogens with zero attached hydrogens (tertiary/aromatic N) is 2. The van der Waals surface area contributed by atoms with Crippen LogP contribution >= 0.6 is 0 Å². The van der Waals surface area contributed by atoms with Crippen molar-refractivity contribution in [1.29, 1.82) is 0 Å². The van der Waals surface area contributed by atoms with Gasteiger partial charge in [-0.3, -0.25) is 0 Å². The molecule has 2 aromatic carbocycles. The summed E-state index contributed by atoms with van der Waals surface area (Å²) in [5.41, 5.74) is 1.15. The monoisotopic (exact) mass is 459 g/mol. The van der Waals surface area contributed by atoms with Crippen LogP contribution in [0.4, 0.5) is 4.39 Å². The quantitative estimate of drug-likeness (QED) is 0.251. The zero-order valence-corrected chi connectivity index (χ0v) is 19.0. The maximum Gasteiger partial charge on any atom is 0.360 e. The number of nitrogens with two attached hydrogens (primary N) is 1. The highest BCUT2D eigenvalue weighted by Gasteiger charge is 2.25. The summed E-state index contributed by atoms with van der Waals surface area (Å²) in [7, 11) is 3.85. The van der Waals surface area contributed by atoms with Crippen molar-refractivity contribution in [2.75, 3.05) is 27.9 Å². The highest BCUT2D eigenvalue weighted by molar-refractivity contribution is 6.43. The summed E-state index contributed by atoms with van der Waals surface area (Å²) < 4.78 is 25.1. The normalized spacial score (nSPS) is 12.6. The Morgan fingerprint density at radius 1 is 0.970 bits per heavy atom. The Balaban J connectivity index is 2.73. The van der Waals surface area contributed by atoms with Gasteiger partial charge in [0.05, 0.1) is 13.7 Å². The summed E-state index contributed by atoms with van der Waals surface area (Å²) >= 11 is 0. The number of carbonyl (C=O) groups is 1. The molecule has 0 bridgehead atoms. The Hall–Kier alpha value is -3.92. The first-order valence-electron chi connectivity index (χ1n) is 9.84. The first kappa shape index (κ1) is 25.3. The number of benzene rings is 2. The van der Waals surface area contributed by atoms with E-state index in [9.17, 15) is 9.18 Å². The lowest BCUT2D eigenvalue weighted by Crippen LogP contribution is -2.20. The molecule has 9 nitrogen and oxygen atoms in total. The van der Waals surface area contributed by atoms with Gasteiger partial charge in [0.2, 0.25) is 0 Å². The molecule has 0 amide bonds. The van der Waals surface area contributed by atoms with E-state index >= 15 is 0 Å². The van der Waals surface area contributed by atoms with Crippen molar-refractivity contribution in [3.63, 3.8) is 0 Å². The number of allylic oxidation sites excluding steroid dienone is 1. The number of halogens is 1. The molecule has 0 spiro atoms. The second-order valence-corrected chi connectivity index (χ2v) is 6.43. The first-order valence-corrected chi connectivity index (χ1v) is 9.84. The number of oxime groups is 2. The molecule has 0 saturated carbocycles. The topological polar surface area (TPSA) is 114 Å². The van der Waals surface area contributed by atoms with Gasteiger partial charge in [-0.2, -0.15) is 5.90 Å². The van der Waals surface area contributed by atoms with Crippen molar-refractivity contribution in [2.45, 2.75) is 13.8 Å². The molecule has 0 saturated heterocycles. The molecule has 0 heterocycles. The van der Waals surface area contributed by atoms with Crippen LogP contribution in [-0.4, -0.2) is 45.3 Å². The number of methoxy groups -OCH3 is 1. The molecule has 2 rings (SSSR count). The molecular formula is C23H26FN3O6. The Kier molecular flexibility index (Phi) is 9.37. The van der Waals surface area contributed by atoms with Crippen LogP contribution in [0.1, 0.15) is 30.5 Å². The number of hydrogen-bond donors (Lipinski definition) is 1. The van der Waals surface area contributed by atoms with E-state index in [1.807, 2.05) is 0 Å². The van der Waals surface area contributed by atoms with Crippen molar-refractivity contribution in [3.05, 3.63) is 70.5 Å². The van der Waals surface area contributed by atoms with E-state index in [1.54, 1.807) is 44.2 Å². The summed E-state index contributed by atoms with van der Waals surface area (Å²) in [5, 5.41) is 7.76. The van der Waals surface area contributed by atoms with Gasteiger partial charge in [-0.05, 0) is 26.0 Å². The van der Waals surface area contributed by atoms with Gasteiger partial charge in [0.15, 0.2) is 11.5 Å². The molecule has 0 unspecified atom stereocenters. The molecule has 0 radical (unpaired) electrons. The van der Waals surface area contributed by atoms with E-state index in [4.69, 9.17) is 29.9 Å². The van der Waals surface area contributed by atoms with Crippen LogP contribution in [0, 0.1) is 5.82 Å². The Morgan fingerprint density at radius 2 is 1.61 bits per heavy atom. The summed E-state index contributed by atoms with van der Waals surface area (Å²) in [6, 6.07) is 11.0. The third-order valence-corrected chi connectivity index (χ3v) is 4.49. The number of carbonyl (C=O) groups excluding carboxylic acids is 1. The third-order valence-electron chi connectivity index (χ3n) is 4.49. The summed E-state index contributed by atoms with van der Waals surface area (Å²) in [6.07, 6.45) is 0. The maximum atomic E-state index is 14.9.